The molecule has 2 aromatic rings. The monoisotopic (exact) mass is 546 g/mol. The van der Waals surface area contributed by atoms with Gasteiger partial charge in [0.05, 0.1) is 17.2 Å². The molecule has 17 heteroatoms. The molecule has 0 saturated carbocycles. The number of nitrogens with zero attached hydrogens (tertiary/aromatic N) is 3. The van der Waals surface area contributed by atoms with Gasteiger partial charge in [0.25, 0.3) is 5.91 Å². The van der Waals surface area contributed by atoms with E-state index in [0.29, 0.717) is 6.07 Å². The van der Waals surface area contributed by atoms with Crippen molar-refractivity contribution in [2.45, 2.75) is 37.5 Å². The normalized spacial score (nSPS) is 18.7. The highest BCUT2D eigenvalue weighted by molar-refractivity contribution is 6.31. The van der Waals surface area contributed by atoms with Crippen molar-refractivity contribution in [2.75, 3.05) is 19.8 Å². The Morgan fingerprint density at radius 2 is 1.89 bits per heavy atom. The van der Waals surface area contributed by atoms with Gasteiger partial charge in [-0.15, -0.1) is 18.3 Å². The Morgan fingerprint density at radius 1 is 1.17 bits per heavy atom. The third kappa shape index (κ3) is 7.13. The van der Waals surface area contributed by atoms with E-state index in [4.69, 9.17) is 20.8 Å². The Morgan fingerprint density at radius 3 is 2.53 bits per heavy atom. The first-order valence-electron chi connectivity index (χ1n) is 10.1. The second kappa shape index (κ2) is 10.8. The minimum absolute atomic E-state index is 0.0739. The number of carbonyl (C=O) groups excluding carboxylic acids is 1. The Labute approximate surface area is 203 Å². The summed E-state index contributed by atoms with van der Waals surface area (Å²) in [5, 5.41) is 18.6. The van der Waals surface area contributed by atoms with Gasteiger partial charge in [0.1, 0.15) is 12.6 Å². The zero-order valence-corrected chi connectivity index (χ0v) is 18.7. The van der Waals surface area contributed by atoms with E-state index in [0.717, 1.165) is 17.0 Å². The van der Waals surface area contributed by atoms with Crippen LogP contribution in [0.4, 0.5) is 31.1 Å². The number of alkyl halides is 6. The summed E-state index contributed by atoms with van der Waals surface area (Å²) in [6.07, 6.45) is -11.3. The lowest BCUT2D eigenvalue weighted by atomic mass is 9.98. The molecule has 2 N–H and O–H groups in total. The number of hydrogen-bond donors (Lipinski definition) is 2. The van der Waals surface area contributed by atoms with Crippen molar-refractivity contribution in [2.24, 2.45) is 0 Å². The third-order valence-corrected chi connectivity index (χ3v) is 5.31. The summed E-state index contributed by atoms with van der Waals surface area (Å²) < 4.78 is 88.7. The van der Waals surface area contributed by atoms with E-state index in [9.17, 15) is 41.0 Å². The maximum atomic E-state index is 13.1. The van der Waals surface area contributed by atoms with Crippen LogP contribution in [-0.2, 0) is 10.9 Å². The summed E-state index contributed by atoms with van der Waals surface area (Å²) in [5.74, 6) is -1.05. The maximum Gasteiger partial charge on any atom is 0.522 e. The van der Waals surface area contributed by atoms with Gasteiger partial charge in [0.2, 0.25) is 5.89 Å². The van der Waals surface area contributed by atoms with Crippen LogP contribution in [0.3, 0.4) is 0 Å². The van der Waals surface area contributed by atoms with Crippen molar-refractivity contribution in [3.63, 3.8) is 0 Å². The highest BCUT2D eigenvalue weighted by atomic mass is 35.5. The number of carbonyl (C=O) groups is 2. The van der Waals surface area contributed by atoms with Crippen molar-refractivity contribution < 1.29 is 54.9 Å². The number of hydrogen-bond acceptors (Lipinski definition) is 7. The zero-order valence-electron chi connectivity index (χ0n) is 17.9. The minimum Gasteiger partial charge on any atom is -0.465 e. The highest BCUT2D eigenvalue weighted by Gasteiger charge is 2.38. The fourth-order valence-electron chi connectivity index (χ4n) is 3.41. The zero-order chi connectivity index (χ0) is 26.7. The third-order valence-electron chi connectivity index (χ3n) is 4.98. The second-order valence-electron chi connectivity index (χ2n) is 7.44. The van der Waals surface area contributed by atoms with Crippen molar-refractivity contribution in [3.05, 3.63) is 40.2 Å². The molecule has 0 bridgehead atoms. The number of nitrogens with one attached hydrogen (secondary N) is 1. The summed E-state index contributed by atoms with van der Waals surface area (Å²) in [4.78, 5) is 25.1. The van der Waals surface area contributed by atoms with Crippen molar-refractivity contribution in [1.82, 2.24) is 20.4 Å². The Hall–Kier alpha value is -3.27. The van der Waals surface area contributed by atoms with E-state index in [1.807, 2.05) is 0 Å². The topological polar surface area (TPSA) is 127 Å². The fraction of sp³-hybridized carbons (Fsp3) is 0.474. The van der Waals surface area contributed by atoms with Gasteiger partial charge in [0, 0.05) is 18.2 Å². The van der Waals surface area contributed by atoms with Crippen molar-refractivity contribution in [1.29, 1.82) is 0 Å². The molecule has 1 aliphatic rings. The summed E-state index contributed by atoms with van der Waals surface area (Å²) in [6, 6.07) is 0.919. The summed E-state index contributed by atoms with van der Waals surface area (Å²) in [6.45, 7) is -1.67. The molecule has 2 atom stereocenters. The largest absolute Gasteiger partial charge is 0.522 e. The molecular formula is C19H17ClF6N4O6. The first kappa shape index (κ1) is 27.3. The summed E-state index contributed by atoms with van der Waals surface area (Å²) in [5.41, 5.74) is -1.50. The van der Waals surface area contributed by atoms with E-state index < -0.39 is 66.5 Å². The van der Waals surface area contributed by atoms with Gasteiger partial charge in [-0.05, 0) is 31.0 Å². The molecule has 10 nitrogen and oxygen atoms in total. The van der Waals surface area contributed by atoms with Gasteiger partial charge in [-0.2, -0.15) is 13.2 Å². The lowest BCUT2D eigenvalue weighted by molar-refractivity contribution is -0.325. The molecule has 0 aliphatic carbocycles. The smallest absolute Gasteiger partial charge is 0.465 e. The molecule has 1 saturated heterocycles. The molecule has 1 fully saturated rings. The van der Waals surface area contributed by atoms with Crippen LogP contribution in [0.2, 0.25) is 5.02 Å². The van der Waals surface area contributed by atoms with Gasteiger partial charge in [-0.25, -0.2) is 4.79 Å². The van der Waals surface area contributed by atoms with Gasteiger partial charge < -0.3 is 19.6 Å². The quantitative estimate of drug-likeness (QED) is 0.389. The van der Waals surface area contributed by atoms with Crippen LogP contribution < -0.4 is 10.1 Å². The van der Waals surface area contributed by atoms with E-state index >= 15 is 0 Å². The molecule has 198 valence electrons. The number of likely N-dealkylation sites (tertiary alicyclic amines) is 1. The SMILES string of the molecule is O=C(N[C@H]1CC[C@H](c2nnc(OCCOC(F)(F)F)o2)N(C(=O)O)C1)c1ccc(Cl)c(C(F)(F)F)c1. The number of aromatic nitrogens is 2. The standard InChI is InChI=1S/C19H17ClF6N4O6/c20-12-3-1-9(7-11(12)18(21,22)23)14(31)27-10-2-4-13(30(8-10)17(32)33)15-28-29-16(36-15)34-5-6-35-19(24,25)26/h1,3,7,10,13H,2,4-6,8H2,(H,27,31)(H,32,33)/t10-,13+/m0/s1. The van der Waals surface area contributed by atoms with Crippen molar-refractivity contribution >= 4 is 23.6 Å². The average molecular weight is 547 g/mol. The molecule has 0 radical (unpaired) electrons. The van der Waals surface area contributed by atoms with E-state index in [1.54, 1.807) is 0 Å². The summed E-state index contributed by atoms with van der Waals surface area (Å²) in [7, 11) is 0. The Bertz CT molecular complexity index is 1100. The van der Waals surface area contributed by atoms with Crippen LogP contribution in [0, 0.1) is 0 Å². The number of benzene rings is 1. The molecular weight excluding hydrogens is 530 g/mol. The van der Waals surface area contributed by atoms with Gasteiger partial charge >= 0.3 is 24.7 Å². The predicted octanol–water partition coefficient (Wildman–Crippen LogP) is 4.27. The summed E-state index contributed by atoms with van der Waals surface area (Å²) >= 11 is 5.56. The molecule has 2 amide bonds. The maximum absolute atomic E-state index is 13.1. The Balaban J connectivity index is 1.62. The van der Waals surface area contributed by atoms with E-state index in [2.05, 4.69) is 20.3 Å². The minimum atomic E-state index is -4.84. The van der Waals surface area contributed by atoms with Crippen LogP contribution in [-0.4, -0.2) is 64.4 Å². The number of rotatable bonds is 7. The van der Waals surface area contributed by atoms with Crippen LogP contribution in [0.15, 0.2) is 22.6 Å². The molecule has 1 aromatic heterocycles. The van der Waals surface area contributed by atoms with Gasteiger partial charge in [0.15, 0.2) is 0 Å². The molecule has 0 unspecified atom stereocenters. The molecule has 36 heavy (non-hydrogen) atoms. The molecule has 1 aromatic carbocycles. The van der Waals surface area contributed by atoms with Crippen LogP contribution in [0.5, 0.6) is 6.08 Å². The lowest BCUT2D eigenvalue weighted by Crippen LogP contribution is -2.50. The van der Waals surface area contributed by atoms with Crippen LogP contribution in [0.1, 0.15) is 40.7 Å². The van der Waals surface area contributed by atoms with Gasteiger partial charge in [-0.1, -0.05) is 16.7 Å². The van der Waals surface area contributed by atoms with Crippen LogP contribution in [0.25, 0.3) is 0 Å². The molecule has 0 spiro atoms. The first-order chi connectivity index (χ1) is 16.7. The van der Waals surface area contributed by atoms with E-state index in [1.165, 1.54) is 0 Å². The second-order valence-corrected chi connectivity index (χ2v) is 7.85. The lowest BCUT2D eigenvalue weighted by Gasteiger charge is -2.36. The number of piperidine rings is 1. The van der Waals surface area contributed by atoms with Crippen LogP contribution >= 0.6 is 11.6 Å². The number of carboxylic acid groups (broad SMARTS) is 1. The predicted molar refractivity (Wildman–Crippen MR) is 106 cm³/mol. The molecule has 2 heterocycles. The first-order valence-corrected chi connectivity index (χ1v) is 10.5. The van der Waals surface area contributed by atoms with Crippen molar-refractivity contribution in [3.8, 4) is 6.08 Å². The number of halogens is 7. The average Bonchev–Trinajstić information content (AvgIpc) is 3.24. The number of ether oxygens (including phenoxy) is 2. The highest BCUT2D eigenvalue weighted by Crippen LogP contribution is 2.35. The molecule has 1 aliphatic heterocycles. The molecule has 3 rings (SSSR count). The Kier molecular flexibility index (Phi) is 8.18. The van der Waals surface area contributed by atoms with E-state index in [-0.39, 0.29) is 30.8 Å². The van der Waals surface area contributed by atoms with Gasteiger partial charge in [-0.3, -0.25) is 14.4 Å². The fourth-order valence-corrected chi connectivity index (χ4v) is 3.63. The number of amides is 2.